The maximum Gasteiger partial charge on any atom is 0.194 e. The van der Waals surface area contributed by atoms with Crippen LogP contribution in [0.3, 0.4) is 0 Å². The van der Waals surface area contributed by atoms with Crippen molar-refractivity contribution in [2.45, 2.75) is 6.10 Å². The number of benzene rings is 2. The van der Waals surface area contributed by atoms with Crippen LogP contribution in [0.5, 0.6) is 0 Å². The first-order valence-corrected chi connectivity index (χ1v) is 8.22. The van der Waals surface area contributed by atoms with Crippen molar-refractivity contribution in [1.82, 2.24) is 4.98 Å². The minimum Gasteiger partial charge on any atom is -0.398 e. The van der Waals surface area contributed by atoms with Crippen LogP contribution in [0.1, 0.15) is 27.6 Å². The van der Waals surface area contributed by atoms with E-state index in [-0.39, 0.29) is 22.4 Å². The Bertz CT molecular complexity index is 1030. The second-order valence-corrected chi connectivity index (χ2v) is 5.98. The molecule has 0 spiro atoms. The van der Waals surface area contributed by atoms with Crippen molar-refractivity contribution in [1.29, 1.82) is 0 Å². The molecule has 1 aromatic heterocycles. The number of aromatic nitrogens is 1. The van der Waals surface area contributed by atoms with Crippen LogP contribution in [-0.2, 0) is 0 Å². The van der Waals surface area contributed by atoms with E-state index in [1.54, 1.807) is 0 Å². The molecule has 3 rings (SSSR count). The molecule has 0 radical (unpaired) electrons. The topological polar surface area (TPSA) is 76.2 Å². The first-order valence-electron chi connectivity index (χ1n) is 8.22. The largest absolute Gasteiger partial charge is 0.398 e. The molecule has 0 fully saturated rings. The maximum absolute atomic E-state index is 14.2. The van der Waals surface area contributed by atoms with Crippen LogP contribution in [0.25, 0.3) is 5.70 Å². The van der Waals surface area contributed by atoms with Gasteiger partial charge in [-0.2, -0.15) is 0 Å². The van der Waals surface area contributed by atoms with Gasteiger partial charge in [-0.1, -0.05) is 18.2 Å². The Hall–Kier alpha value is -3.45. The summed E-state index contributed by atoms with van der Waals surface area (Å²) < 4.78 is 41.4. The van der Waals surface area contributed by atoms with Gasteiger partial charge in [0.2, 0.25) is 0 Å². The zero-order chi connectivity index (χ0) is 20.3. The number of Topliss-reactive ketones (excluding diaryl/α,β-unsaturated/α-hetero) is 1. The summed E-state index contributed by atoms with van der Waals surface area (Å²) in [7, 11) is 0. The Balaban J connectivity index is 2.21. The lowest BCUT2D eigenvalue weighted by Crippen LogP contribution is -2.18. The highest BCUT2D eigenvalue weighted by Crippen LogP contribution is 2.30. The fraction of sp³-hybridized carbons (Fsp3) is 0.0476. The number of ketones is 1. The van der Waals surface area contributed by atoms with Crippen LogP contribution >= 0.6 is 0 Å². The number of aliphatic hydroxyl groups excluding tert-OH is 1. The van der Waals surface area contributed by atoms with E-state index in [2.05, 4.69) is 4.98 Å². The monoisotopic (exact) mass is 384 g/mol. The fourth-order valence-electron chi connectivity index (χ4n) is 2.76. The number of nitrogens with two attached hydrogens (primary N) is 1. The average Bonchev–Trinajstić information content (AvgIpc) is 2.68. The van der Waals surface area contributed by atoms with Crippen LogP contribution in [0.4, 0.5) is 13.2 Å². The van der Waals surface area contributed by atoms with E-state index in [0.717, 1.165) is 18.2 Å². The number of rotatable bonds is 5. The molecule has 1 atom stereocenters. The molecule has 0 aliphatic rings. The third kappa shape index (κ3) is 3.94. The fourth-order valence-corrected chi connectivity index (χ4v) is 2.76. The Labute approximate surface area is 158 Å². The predicted molar refractivity (Wildman–Crippen MR) is 97.4 cm³/mol. The summed E-state index contributed by atoms with van der Waals surface area (Å²) in [5.41, 5.74) is 5.01. The van der Waals surface area contributed by atoms with Crippen LogP contribution in [0, 0.1) is 17.5 Å². The zero-order valence-electron chi connectivity index (χ0n) is 14.4. The molecule has 142 valence electrons. The van der Waals surface area contributed by atoms with Crippen LogP contribution < -0.4 is 5.73 Å². The van der Waals surface area contributed by atoms with Crippen molar-refractivity contribution >= 4 is 11.5 Å². The summed E-state index contributed by atoms with van der Waals surface area (Å²) in [5.74, 6) is -3.59. The minimum atomic E-state index is -1.59. The van der Waals surface area contributed by atoms with Crippen LogP contribution in [0.15, 0.2) is 72.6 Å². The minimum absolute atomic E-state index is 0.120. The lowest BCUT2D eigenvalue weighted by Gasteiger charge is -2.18. The van der Waals surface area contributed by atoms with E-state index in [1.807, 2.05) is 0 Å². The van der Waals surface area contributed by atoms with E-state index in [9.17, 15) is 23.1 Å². The first-order chi connectivity index (χ1) is 13.4. The number of aliphatic hydroxyl groups is 1. The van der Waals surface area contributed by atoms with Crippen molar-refractivity contribution < 1.29 is 23.1 Å². The SMILES string of the molecule is NC(=C(C(=O)c1cc(F)cc(F)c1)C(O)c1cccnc1)c1ccccc1F. The normalized spacial score (nSPS) is 13.0. The average molecular weight is 384 g/mol. The van der Waals surface area contributed by atoms with Gasteiger partial charge in [0, 0.05) is 35.2 Å². The van der Waals surface area contributed by atoms with Gasteiger partial charge in [0.1, 0.15) is 23.6 Å². The maximum atomic E-state index is 14.2. The highest BCUT2D eigenvalue weighted by molar-refractivity contribution is 6.13. The first kappa shape index (κ1) is 19.3. The molecule has 4 nitrogen and oxygen atoms in total. The van der Waals surface area contributed by atoms with Crippen LogP contribution in [-0.4, -0.2) is 15.9 Å². The van der Waals surface area contributed by atoms with Crippen molar-refractivity contribution in [3.63, 3.8) is 0 Å². The molecular weight excluding hydrogens is 369 g/mol. The van der Waals surface area contributed by atoms with E-state index in [0.29, 0.717) is 6.07 Å². The molecule has 2 aromatic carbocycles. The number of halogens is 3. The van der Waals surface area contributed by atoms with Gasteiger partial charge in [0.25, 0.3) is 0 Å². The Morgan fingerprint density at radius 1 is 1.00 bits per heavy atom. The number of carbonyl (C=O) groups is 1. The van der Waals surface area contributed by atoms with Crippen molar-refractivity contribution in [2.75, 3.05) is 0 Å². The number of carbonyl (C=O) groups excluding carboxylic acids is 1. The molecule has 0 saturated carbocycles. The Morgan fingerprint density at radius 2 is 1.68 bits per heavy atom. The second kappa shape index (κ2) is 8.06. The molecule has 1 unspecified atom stereocenters. The molecule has 0 saturated heterocycles. The molecular formula is C21H15F3N2O2. The number of pyridine rings is 1. The number of nitrogens with zero attached hydrogens (tertiary/aromatic N) is 1. The van der Waals surface area contributed by atoms with E-state index < -0.39 is 34.9 Å². The van der Waals surface area contributed by atoms with Gasteiger partial charge in [0.15, 0.2) is 5.78 Å². The van der Waals surface area contributed by atoms with Gasteiger partial charge in [-0.3, -0.25) is 9.78 Å². The third-order valence-electron chi connectivity index (χ3n) is 4.10. The van der Waals surface area contributed by atoms with Crippen molar-refractivity contribution in [2.24, 2.45) is 5.73 Å². The quantitative estimate of drug-likeness (QED) is 0.518. The molecule has 0 aliphatic carbocycles. The summed E-state index contributed by atoms with van der Waals surface area (Å²) in [6, 6.07) is 10.7. The molecule has 3 N–H and O–H groups in total. The molecule has 28 heavy (non-hydrogen) atoms. The van der Waals surface area contributed by atoms with Gasteiger partial charge >= 0.3 is 0 Å². The zero-order valence-corrected chi connectivity index (χ0v) is 14.4. The third-order valence-corrected chi connectivity index (χ3v) is 4.10. The molecule has 3 aromatic rings. The molecule has 0 amide bonds. The lowest BCUT2D eigenvalue weighted by atomic mass is 9.91. The molecule has 1 heterocycles. The summed E-state index contributed by atoms with van der Waals surface area (Å²) >= 11 is 0. The van der Waals surface area contributed by atoms with Gasteiger partial charge in [-0.15, -0.1) is 0 Å². The lowest BCUT2D eigenvalue weighted by molar-refractivity contribution is 0.0987. The van der Waals surface area contributed by atoms with Gasteiger partial charge in [-0.25, -0.2) is 13.2 Å². The summed E-state index contributed by atoms with van der Waals surface area (Å²) in [6.07, 6.45) is 1.18. The van der Waals surface area contributed by atoms with Crippen molar-refractivity contribution in [3.8, 4) is 0 Å². The standard InChI is InChI=1S/C21H15F3N2O2/c22-14-8-13(9-15(23)10-14)21(28)18(20(27)12-4-3-7-26-11-12)19(25)16-5-1-2-6-17(16)24/h1-11,20,27H,25H2. The van der Waals surface area contributed by atoms with Gasteiger partial charge < -0.3 is 10.8 Å². The summed E-state index contributed by atoms with van der Waals surface area (Å²) in [5, 5.41) is 10.8. The number of hydrogen-bond acceptors (Lipinski definition) is 4. The van der Waals surface area contributed by atoms with Gasteiger partial charge in [-0.05, 0) is 30.3 Å². The highest BCUT2D eigenvalue weighted by atomic mass is 19.1. The van der Waals surface area contributed by atoms with E-state index in [1.165, 1.54) is 42.7 Å². The molecule has 0 aliphatic heterocycles. The summed E-state index contributed by atoms with van der Waals surface area (Å²) in [4.78, 5) is 16.9. The predicted octanol–water partition coefficient (Wildman–Crippen LogP) is 3.79. The molecule has 7 heteroatoms. The van der Waals surface area contributed by atoms with Gasteiger partial charge in [0.05, 0.1) is 11.3 Å². The van der Waals surface area contributed by atoms with Crippen LogP contribution in [0.2, 0.25) is 0 Å². The summed E-state index contributed by atoms with van der Waals surface area (Å²) in [6.45, 7) is 0. The molecule has 0 bridgehead atoms. The second-order valence-electron chi connectivity index (χ2n) is 5.98. The smallest absolute Gasteiger partial charge is 0.194 e. The van der Waals surface area contributed by atoms with E-state index >= 15 is 0 Å². The Kier molecular flexibility index (Phi) is 5.56. The highest BCUT2D eigenvalue weighted by Gasteiger charge is 2.27. The number of hydrogen-bond donors (Lipinski definition) is 2. The van der Waals surface area contributed by atoms with E-state index in [4.69, 9.17) is 5.73 Å². The Morgan fingerprint density at radius 3 is 2.29 bits per heavy atom. The van der Waals surface area contributed by atoms with Crippen molar-refractivity contribution in [3.05, 3.63) is 107 Å².